The van der Waals surface area contributed by atoms with Gasteiger partial charge in [-0.05, 0) is 56.2 Å². The van der Waals surface area contributed by atoms with Gasteiger partial charge in [0, 0.05) is 22.8 Å². The van der Waals surface area contributed by atoms with Gasteiger partial charge in [0.15, 0.2) is 0 Å². The lowest BCUT2D eigenvalue weighted by Crippen LogP contribution is -2.49. The molecule has 29 heavy (non-hydrogen) atoms. The van der Waals surface area contributed by atoms with Crippen molar-refractivity contribution in [3.63, 3.8) is 0 Å². The lowest BCUT2D eigenvalue weighted by atomic mass is 10.1. The number of amides is 2. The van der Waals surface area contributed by atoms with Gasteiger partial charge in [0.1, 0.15) is 11.9 Å². The lowest BCUT2D eigenvalue weighted by Gasteiger charge is -2.29. The van der Waals surface area contributed by atoms with Gasteiger partial charge in [-0.25, -0.2) is 4.39 Å². The highest BCUT2D eigenvalue weighted by molar-refractivity contribution is 9.10. The lowest BCUT2D eigenvalue weighted by molar-refractivity contribution is -0.138. The van der Waals surface area contributed by atoms with Crippen LogP contribution in [0, 0.1) is 5.82 Å². The molecule has 0 radical (unpaired) electrons. The Bertz CT molecular complexity index is 813. The molecular formula is C22H26BrFN2O2S. The predicted octanol–water partition coefficient (Wildman–Crippen LogP) is 4.76. The minimum absolute atomic E-state index is 0.00225. The summed E-state index contributed by atoms with van der Waals surface area (Å²) < 4.78 is 14.0. The van der Waals surface area contributed by atoms with Crippen molar-refractivity contribution < 1.29 is 14.0 Å². The average Bonchev–Trinajstić information content (AvgIpc) is 2.68. The van der Waals surface area contributed by atoms with Crippen molar-refractivity contribution in [3.8, 4) is 0 Å². The summed E-state index contributed by atoms with van der Waals surface area (Å²) in [6.07, 6.45) is 0. The normalized spacial score (nSPS) is 11.9. The molecule has 0 saturated carbocycles. The molecule has 7 heteroatoms. The number of carbonyl (C=O) groups excluding carboxylic acids is 2. The van der Waals surface area contributed by atoms with Crippen LogP contribution in [-0.4, -0.2) is 34.6 Å². The van der Waals surface area contributed by atoms with E-state index in [-0.39, 0.29) is 29.4 Å². The van der Waals surface area contributed by atoms with Gasteiger partial charge in [0.2, 0.25) is 11.8 Å². The van der Waals surface area contributed by atoms with E-state index >= 15 is 0 Å². The Morgan fingerprint density at radius 2 is 1.62 bits per heavy atom. The number of nitrogens with zero attached hydrogens (tertiary/aromatic N) is 1. The molecular weight excluding hydrogens is 455 g/mol. The highest BCUT2D eigenvalue weighted by Gasteiger charge is 2.26. The van der Waals surface area contributed by atoms with E-state index in [0.29, 0.717) is 12.3 Å². The molecule has 2 aromatic carbocycles. The summed E-state index contributed by atoms with van der Waals surface area (Å²) in [5, 5.41) is 2.88. The van der Waals surface area contributed by atoms with E-state index in [1.807, 2.05) is 38.1 Å². The SMILES string of the molecule is CC(C)NC(=O)[C@@H](C)N(Cc1ccc(Br)cc1)C(=O)CSCc1ccc(F)cc1. The minimum atomic E-state index is -0.583. The molecule has 0 aromatic heterocycles. The van der Waals surface area contributed by atoms with Crippen LogP contribution < -0.4 is 5.32 Å². The Morgan fingerprint density at radius 1 is 1.03 bits per heavy atom. The molecule has 4 nitrogen and oxygen atoms in total. The number of carbonyl (C=O) groups is 2. The molecule has 2 amide bonds. The van der Waals surface area contributed by atoms with Gasteiger partial charge in [-0.3, -0.25) is 9.59 Å². The molecule has 2 rings (SSSR count). The summed E-state index contributed by atoms with van der Waals surface area (Å²) in [6, 6.07) is 13.4. The second kappa shape index (κ2) is 11.4. The predicted molar refractivity (Wildman–Crippen MR) is 120 cm³/mol. The van der Waals surface area contributed by atoms with E-state index in [0.717, 1.165) is 15.6 Å². The molecule has 1 atom stereocenters. The first-order valence-corrected chi connectivity index (χ1v) is 11.4. The molecule has 0 spiro atoms. The molecule has 156 valence electrons. The van der Waals surface area contributed by atoms with Crippen molar-refractivity contribution >= 4 is 39.5 Å². The number of benzene rings is 2. The molecule has 0 fully saturated rings. The molecule has 0 bridgehead atoms. The molecule has 0 aliphatic heterocycles. The summed E-state index contributed by atoms with van der Waals surface area (Å²) in [6.45, 7) is 5.89. The zero-order valence-corrected chi connectivity index (χ0v) is 19.2. The van der Waals surface area contributed by atoms with E-state index in [2.05, 4.69) is 21.2 Å². The molecule has 1 N–H and O–H groups in total. The maximum absolute atomic E-state index is 13.0. The summed E-state index contributed by atoms with van der Waals surface area (Å²) >= 11 is 4.86. The third kappa shape index (κ3) is 7.82. The van der Waals surface area contributed by atoms with Crippen LogP contribution in [0.2, 0.25) is 0 Å². The molecule has 0 aliphatic carbocycles. The fraction of sp³-hybridized carbons (Fsp3) is 0.364. The number of nitrogens with one attached hydrogen (secondary N) is 1. The average molecular weight is 481 g/mol. The van der Waals surface area contributed by atoms with Crippen LogP contribution in [0.5, 0.6) is 0 Å². The minimum Gasteiger partial charge on any atom is -0.352 e. The van der Waals surface area contributed by atoms with Crippen LogP contribution in [0.15, 0.2) is 53.0 Å². The van der Waals surface area contributed by atoms with E-state index < -0.39 is 6.04 Å². The van der Waals surface area contributed by atoms with Gasteiger partial charge in [-0.1, -0.05) is 40.2 Å². The Morgan fingerprint density at radius 3 is 2.21 bits per heavy atom. The quantitative estimate of drug-likeness (QED) is 0.562. The van der Waals surface area contributed by atoms with Gasteiger partial charge >= 0.3 is 0 Å². The second-order valence-corrected chi connectivity index (χ2v) is 9.01. The molecule has 0 unspecified atom stereocenters. The Kier molecular flexibility index (Phi) is 9.17. The smallest absolute Gasteiger partial charge is 0.242 e. The highest BCUT2D eigenvalue weighted by atomic mass is 79.9. The Labute approximate surface area is 184 Å². The van der Waals surface area contributed by atoms with Gasteiger partial charge in [-0.15, -0.1) is 11.8 Å². The van der Waals surface area contributed by atoms with Crippen molar-refractivity contribution in [2.75, 3.05) is 5.75 Å². The van der Waals surface area contributed by atoms with Gasteiger partial charge < -0.3 is 10.2 Å². The van der Waals surface area contributed by atoms with Crippen LogP contribution in [0.1, 0.15) is 31.9 Å². The van der Waals surface area contributed by atoms with Crippen molar-refractivity contribution in [2.45, 2.75) is 45.2 Å². The number of hydrogen-bond donors (Lipinski definition) is 1. The van der Waals surface area contributed by atoms with Crippen molar-refractivity contribution in [1.29, 1.82) is 0 Å². The summed E-state index contributed by atoms with van der Waals surface area (Å²) in [5.74, 6) is 0.290. The largest absolute Gasteiger partial charge is 0.352 e. The highest BCUT2D eigenvalue weighted by Crippen LogP contribution is 2.18. The van der Waals surface area contributed by atoms with Crippen molar-refractivity contribution in [2.24, 2.45) is 0 Å². The summed E-state index contributed by atoms with van der Waals surface area (Å²) in [5.41, 5.74) is 1.91. The fourth-order valence-electron chi connectivity index (χ4n) is 2.69. The van der Waals surface area contributed by atoms with Crippen molar-refractivity contribution in [3.05, 3.63) is 69.9 Å². The molecule has 2 aromatic rings. The van der Waals surface area contributed by atoms with Gasteiger partial charge in [0.05, 0.1) is 5.75 Å². The van der Waals surface area contributed by atoms with Crippen LogP contribution in [0.25, 0.3) is 0 Å². The monoisotopic (exact) mass is 480 g/mol. The van der Waals surface area contributed by atoms with Gasteiger partial charge in [0.25, 0.3) is 0 Å². The Balaban J connectivity index is 2.05. The number of halogens is 2. The van der Waals surface area contributed by atoms with E-state index in [1.54, 1.807) is 24.0 Å². The van der Waals surface area contributed by atoms with Crippen LogP contribution in [-0.2, 0) is 21.9 Å². The fourth-order valence-corrected chi connectivity index (χ4v) is 3.83. The van der Waals surface area contributed by atoms with Crippen molar-refractivity contribution in [1.82, 2.24) is 10.2 Å². The molecule has 0 saturated heterocycles. The summed E-state index contributed by atoms with van der Waals surface area (Å²) in [7, 11) is 0. The number of thioether (sulfide) groups is 1. The topological polar surface area (TPSA) is 49.4 Å². The first-order chi connectivity index (χ1) is 13.8. The first kappa shape index (κ1) is 23.4. The zero-order valence-electron chi connectivity index (χ0n) is 16.8. The zero-order chi connectivity index (χ0) is 21.4. The van der Waals surface area contributed by atoms with E-state index in [4.69, 9.17) is 0 Å². The molecule has 0 aliphatic rings. The van der Waals surface area contributed by atoms with E-state index in [1.165, 1.54) is 23.9 Å². The van der Waals surface area contributed by atoms with Crippen LogP contribution in [0.3, 0.4) is 0 Å². The standard InChI is InChI=1S/C22H26BrFN2O2S/c1-15(2)25-22(28)16(3)26(12-17-4-8-19(23)9-5-17)21(27)14-29-13-18-6-10-20(24)11-7-18/h4-11,15-16H,12-14H2,1-3H3,(H,25,28)/t16-/m1/s1. The van der Waals surface area contributed by atoms with E-state index in [9.17, 15) is 14.0 Å². The Hall–Kier alpha value is -1.86. The molecule has 0 heterocycles. The van der Waals surface area contributed by atoms with Crippen LogP contribution in [0.4, 0.5) is 4.39 Å². The third-order valence-electron chi connectivity index (χ3n) is 4.27. The maximum atomic E-state index is 13.0. The summed E-state index contributed by atoms with van der Waals surface area (Å²) in [4.78, 5) is 27.1. The van der Waals surface area contributed by atoms with Crippen LogP contribution >= 0.6 is 27.7 Å². The maximum Gasteiger partial charge on any atom is 0.242 e. The number of hydrogen-bond acceptors (Lipinski definition) is 3. The first-order valence-electron chi connectivity index (χ1n) is 9.42. The second-order valence-electron chi connectivity index (χ2n) is 7.11. The third-order valence-corrected chi connectivity index (χ3v) is 5.79. The van der Waals surface area contributed by atoms with Gasteiger partial charge in [-0.2, -0.15) is 0 Å². The number of rotatable bonds is 9.